The summed E-state index contributed by atoms with van der Waals surface area (Å²) in [7, 11) is -15.1. The van der Waals surface area contributed by atoms with E-state index < -0.39 is 48.3 Å². The van der Waals surface area contributed by atoms with Crippen molar-refractivity contribution in [1.82, 2.24) is 0 Å². The summed E-state index contributed by atoms with van der Waals surface area (Å²) in [5.41, 5.74) is 0. The Morgan fingerprint density at radius 1 is 0.500 bits per heavy atom. The summed E-state index contributed by atoms with van der Waals surface area (Å²) < 4.78 is 172. The molecule has 0 unspecified atom stereocenters. The van der Waals surface area contributed by atoms with Crippen molar-refractivity contribution < 1.29 is 60.7 Å². The Kier molecular flexibility index (Phi) is 3.64. The lowest BCUT2D eigenvalue weighted by molar-refractivity contribution is -0.375. The van der Waals surface area contributed by atoms with Crippen molar-refractivity contribution in [3.63, 3.8) is 0 Å². The van der Waals surface area contributed by atoms with E-state index in [1.807, 2.05) is 0 Å². The largest absolute Gasteiger partial charge is 0.425 e. The Bertz CT molecular complexity index is 637. The summed E-state index contributed by atoms with van der Waals surface area (Å²) in [6, 6.07) is 0. The molecule has 0 saturated carbocycles. The third-order valence-electron chi connectivity index (χ3n) is 2.36. The Labute approximate surface area is 114 Å². The van der Waals surface area contributed by atoms with Gasteiger partial charge in [-0.1, -0.05) is 0 Å². The van der Waals surface area contributed by atoms with Gasteiger partial charge in [-0.3, -0.25) is 0 Å². The predicted molar refractivity (Wildman–Crippen MR) is 45.9 cm³/mol. The lowest BCUT2D eigenvalue weighted by Crippen LogP contribution is -2.71. The van der Waals surface area contributed by atoms with E-state index in [1.54, 1.807) is 0 Å². The van der Waals surface area contributed by atoms with Crippen molar-refractivity contribution in [2.45, 2.75) is 28.3 Å². The minimum Gasteiger partial charge on any atom is -0.425 e. The molecule has 0 atom stereocenters. The van der Waals surface area contributed by atoms with E-state index >= 15 is 0 Å². The first-order chi connectivity index (χ1) is 9.21. The summed E-state index contributed by atoms with van der Waals surface area (Å²) in [5.74, 6) is -23.0. The molecule has 0 aromatic rings. The maximum Gasteiger partial charge on any atom is 0.398 e. The summed E-state index contributed by atoms with van der Waals surface area (Å²) in [5, 5.41) is -14.4. The molecule has 1 rings (SSSR count). The van der Waals surface area contributed by atoms with Gasteiger partial charge in [0.2, 0.25) is 0 Å². The fourth-order valence-electron chi connectivity index (χ4n) is 1.11. The number of alkyl halides is 10. The van der Waals surface area contributed by atoms with E-state index in [9.17, 15) is 60.7 Å². The molecule has 0 aliphatic carbocycles. The van der Waals surface area contributed by atoms with Gasteiger partial charge in [-0.15, -0.1) is 0 Å². The van der Waals surface area contributed by atoms with Crippen molar-refractivity contribution in [3.8, 4) is 0 Å². The molecule has 0 spiro atoms. The quantitative estimate of drug-likeness (QED) is 0.592. The molecule has 0 aromatic heterocycles. The first kappa shape index (κ1) is 19.2. The fourth-order valence-corrected chi connectivity index (χ4v) is 3.80. The molecule has 17 heteroatoms. The summed E-state index contributed by atoms with van der Waals surface area (Å²) in [6.45, 7) is 0. The monoisotopic (exact) mass is 392 g/mol. The molecule has 0 N–H and O–H groups in total. The number of rotatable bonds is 0. The topological polar surface area (TPSA) is 82.4 Å². The minimum absolute atomic E-state index is 0.614. The number of sulfonamides is 2. The van der Waals surface area contributed by atoms with Crippen LogP contribution in [0.3, 0.4) is 0 Å². The molecule has 0 bridgehead atoms. The standard InChI is InChI=1S/C5F10NO4S2/c6-1(7)2(8,9)4(12,13)21(17,18)16-22(19,20)5(14,15)3(1,10)11/q-1. The minimum atomic E-state index is -7.76. The van der Waals surface area contributed by atoms with E-state index in [4.69, 9.17) is 0 Å². The second kappa shape index (κ2) is 4.16. The van der Waals surface area contributed by atoms with Crippen LogP contribution in [0.5, 0.6) is 0 Å². The average molecular weight is 392 g/mol. The third kappa shape index (κ3) is 1.81. The number of nitrogens with zero attached hydrogens (tertiary/aromatic N) is 1. The van der Waals surface area contributed by atoms with Gasteiger partial charge in [0.15, 0.2) is 20.0 Å². The first-order valence-electron chi connectivity index (χ1n) is 4.33. The highest BCUT2D eigenvalue weighted by atomic mass is 32.3. The van der Waals surface area contributed by atoms with Crippen molar-refractivity contribution in [2.24, 2.45) is 0 Å². The Balaban J connectivity index is 4.00. The van der Waals surface area contributed by atoms with Gasteiger partial charge >= 0.3 is 28.3 Å². The van der Waals surface area contributed by atoms with E-state index in [0.717, 1.165) is 0 Å². The van der Waals surface area contributed by atoms with Crippen LogP contribution in [0, 0.1) is 0 Å². The van der Waals surface area contributed by atoms with Crippen LogP contribution in [0.2, 0.25) is 0 Å². The van der Waals surface area contributed by atoms with Gasteiger partial charge in [0.05, 0.1) is 0 Å². The smallest absolute Gasteiger partial charge is 0.398 e. The molecule has 0 amide bonds. The lowest BCUT2D eigenvalue weighted by atomic mass is 10.0. The zero-order valence-corrected chi connectivity index (χ0v) is 10.8. The van der Waals surface area contributed by atoms with Crippen LogP contribution in [-0.4, -0.2) is 45.1 Å². The van der Waals surface area contributed by atoms with Crippen LogP contribution < -0.4 is 0 Å². The Hall–Kier alpha value is -0.840. The van der Waals surface area contributed by atoms with Crippen molar-refractivity contribution in [1.29, 1.82) is 0 Å². The Morgan fingerprint density at radius 2 is 0.727 bits per heavy atom. The van der Waals surface area contributed by atoms with Crippen LogP contribution in [0.4, 0.5) is 43.9 Å². The summed E-state index contributed by atoms with van der Waals surface area (Å²) in [6.07, 6.45) is 0. The van der Waals surface area contributed by atoms with Gasteiger partial charge in [-0.25, -0.2) is 16.8 Å². The van der Waals surface area contributed by atoms with E-state index in [0.29, 0.717) is 4.13 Å². The number of halogens is 10. The average Bonchev–Trinajstić information content (AvgIpc) is 2.24. The zero-order valence-electron chi connectivity index (χ0n) is 9.18. The van der Waals surface area contributed by atoms with Gasteiger partial charge in [-0.2, -0.15) is 43.9 Å². The van der Waals surface area contributed by atoms with Crippen LogP contribution in [0.25, 0.3) is 4.13 Å². The maximum absolute atomic E-state index is 12.9. The van der Waals surface area contributed by atoms with E-state index in [-0.39, 0.29) is 0 Å². The van der Waals surface area contributed by atoms with Crippen molar-refractivity contribution >= 4 is 20.0 Å². The molecule has 1 heterocycles. The van der Waals surface area contributed by atoms with E-state index in [1.165, 1.54) is 0 Å². The molecule has 0 aromatic carbocycles. The maximum atomic E-state index is 12.9. The van der Waals surface area contributed by atoms with Gasteiger partial charge in [-0.05, 0) is 0 Å². The normalized spacial score (nSPS) is 33.4. The fraction of sp³-hybridized carbons (Fsp3) is 1.00. The van der Waals surface area contributed by atoms with Crippen molar-refractivity contribution in [2.75, 3.05) is 0 Å². The molecule has 132 valence electrons. The molecule has 1 saturated heterocycles. The van der Waals surface area contributed by atoms with Gasteiger partial charge in [0, 0.05) is 0 Å². The van der Waals surface area contributed by atoms with Crippen LogP contribution in [0.15, 0.2) is 0 Å². The zero-order chi connectivity index (χ0) is 18.2. The second-order valence-corrected chi connectivity index (χ2v) is 7.30. The Morgan fingerprint density at radius 3 is 0.955 bits per heavy atom. The molecule has 0 radical (unpaired) electrons. The number of hydrogen-bond acceptors (Lipinski definition) is 4. The van der Waals surface area contributed by atoms with Gasteiger partial charge in [0.25, 0.3) is 0 Å². The first-order valence-corrected chi connectivity index (χ1v) is 7.21. The van der Waals surface area contributed by atoms with Crippen molar-refractivity contribution in [3.05, 3.63) is 4.13 Å². The summed E-state index contributed by atoms with van der Waals surface area (Å²) in [4.78, 5) is 0. The van der Waals surface area contributed by atoms with Crippen LogP contribution in [0.1, 0.15) is 0 Å². The molecular formula is C5F10NO4S2-. The molecular weight excluding hydrogens is 392 g/mol. The highest BCUT2D eigenvalue weighted by Gasteiger charge is 2.90. The van der Waals surface area contributed by atoms with Gasteiger partial charge in [0.1, 0.15) is 0 Å². The van der Waals surface area contributed by atoms with E-state index in [2.05, 4.69) is 0 Å². The van der Waals surface area contributed by atoms with Crippen LogP contribution in [-0.2, 0) is 20.0 Å². The third-order valence-corrected chi connectivity index (χ3v) is 5.74. The second-order valence-electron chi connectivity index (χ2n) is 3.78. The molecule has 22 heavy (non-hydrogen) atoms. The lowest BCUT2D eigenvalue weighted by Gasteiger charge is -2.44. The molecule has 1 aliphatic heterocycles. The molecule has 5 nitrogen and oxygen atoms in total. The SMILES string of the molecule is O=S1(=O)[N-]S(=O)(=O)C(F)(F)C(F)(F)C(F)(F)C(F)(F)C1(F)F. The molecule has 1 aliphatic rings. The van der Waals surface area contributed by atoms with Crippen LogP contribution >= 0.6 is 0 Å². The highest BCUT2D eigenvalue weighted by Crippen LogP contribution is 2.62. The highest BCUT2D eigenvalue weighted by molar-refractivity contribution is 8.13. The summed E-state index contributed by atoms with van der Waals surface area (Å²) >= 11 is 0. The van der Waals surface area contributed by atoms with Gasteiger partial charge < -0.3 is 4.13 Å². The molecule has 1 fully saturated rings. The predicted octanol–water partition coefficient (Wildman–Crippen LogP) is 2.12. The number of hydrogen-bond donors (Lipinski definition) is 0.